The van der Waals surface area contributed by atoms with Crippen LogP contribution >= 0.6 is 11.3 Å². The Morgan fingerprint density at radius 3 is 3.21 bits per heavy atom. The van der Waals surface area contributed by atoms with Crippen molar-refractivity contribution in [2.45, 2.75) is 13.5 Å². The number of aromatic nitrogens is 2. The van der Waals surface area contributed by atoms with E-state index in [2.05, 4.69) is 15.1 Å². The Kier molecular flexibility index (Phi) is 4.01. The van der Waals surface area contributed by atoms with E-state index in [0.29, 0.717) is 13.2 Å². The molecular weight excluding hydrogens is 323 g/mol. The first-order valence-electron chi connectivity index (χ1n) is 7.68. The predicted octanol–water partition coefficient (Wildman–Crippen LogP) is 1.77. The molecule has 120 valence electrons. The van der Waals surface area contributed by atoms with Crippen LogP contribution in [0.4, 0.5) is 5.82 Å². The fraction of sp³-hybridized carbons (Fsp3) is 0.188. The molecule has 0 unspecified atom stereocenters. The van der Waals surface area contributed by atoms with Crippen LogP contribution in [0.25, 0.3) is 10.2 Å². The maximum Gasteiger partial charge on any atom is 0.491 e. The van der Waals surface area contributed by atoms with Gasteiger partial charge in [-0.05, 0) is 41.0 Å². The van der Waals surface area contributed by atoms with Crippen molar-refractivity contribution in [3.63, 3.8) is 0 Å². The van der Waals surface area contributed by atoms with Gasteiger partial charge in [0.15, 0.2) is 5.82 Å². The topological polar surface area (TPSA) is 70.8 Å². The highest BCUT2D eigenvalue weighted by atomic mass is 32.1. The number of nitrogens with zero attached hydrogens (tertiary/aromatic N) is 4. The third-order valence-electron chi connectivity index (χ3n) is 3.94. The molecule has 0 radical (unpaired) electrons. The molecule has 0 fully saturated rings. The Morgan fingerprint density at radius 2 is 2.33 bits per heavy atom. The van der Waals surface area contributed by atoms with Gasteiger partial charge < -0.3 is 9.68 Å². The van der Waals surface area contributed by atoms with Gasteiger partial charge in [0.2, 0.25) is 0 Å². The highest BCUT2D eigenvalue weighted by molar-refractivity contribution is 7.17. The van der Waals surface area contributed by atoms with Crippen molar-refractivity contribution in [2.75, 3.05) is 11.6 Å². The molecule has 0 spiro atoms. The average molecular weight is 338 g/mol. The molecule has 1 N–H and O–H groups in total. The molecule has 0 aliphatic carbocycles. The molecule has 0 atom stereocenters. The summed E-state index contributed by atoms with van der Waals surface area (Å²) < 4.78 is 6.25. The Bertz CT molecular complexity index is 914. The lowest BCUT2D eigenvalue weighted by molar-refractivity contribution is 0.275. The number of benzene rings is 1. The highest BCUT2D eigenvalue weighted by Gasteiger charge is 2.26. The molecule has 1 aliphatic rings. The highest BCUT2D eigenvalue weighted by Crippen LogP contribution is 2.27. The molecule has 0 bridgehead atoms. The van der Waals surface area contributed by atoms with E-state index in [1.165, 1.54) is 0 Å². The van der Waals surface area contributed by atoms with E-state index in [0.717, 1.165) is 32.6 Å². The third kappa shape index (κ3) is 2.68. The van der Waals surface area contributed by atoms with E-state index in [9.17, 15) is 5.02 Å². The van der Waals surface area contributed by atoms with Crippen LogP contribution in [0.1, 0.15) is 18.1 Å². The van der Waals surface area contributed by atoms with Gasteiger partial charge in [0.25, 0.3) is 0 Å². The molecular formula is C16H15BN4O2S. The van der Waals surface area contributed by atoms with Crippen LogP contribution in [0, 0.1) is 0 Å². The Labute approximate surface area is 143 Å². The van der Waals surface area contributed by atoms with Crippen molar-refractivity contribution in [2.24, 2.45) is 5.10 Å². The summed E-state index contributed by atoms with van der Waals surface area (Å²) in [6.45, 7) is 3.16. The van der Waals surface area contributed by atoms with E-state index in [-0.39, 0.29) is 0 Å². The summed E-state index contributed by atoms with van der Waals surface area (Å²) >= 11 is 1.61. The smallest absolute Gasteiger partial charge is 0.423 e. The average Bonchev–Trinajstić information content (AvgIpc) is 3.22. The van der Waals surface area contributed by atoms with Gasteiger partial charge in [-0.15, -0.1) is 11.3 Å². The van der Waals surface area contributed by atoms with E-state index in [1.807, 2.05) is 41.6 Å². The molecule has 0 saturated heterocycles. The minimum absolute atomic E-state index is 0.428. The number of hydrogen-bond donors (Lipinski definition) is 1. The summed E-state index contributed by atoms with van der Waals surface area (Å²) in [5, 5.41) is 18.1. The second-order valence-corrected chi connectivity index (χ2v) is 6.33. The third-order valence-corrected chi connectivity index (χ3v) is 4.84. The van der Waals surface area contributed by atoms with Gasteiger partial charge in [-0.3, -0.25) is 0 Å². The summed E-state index contributed by atoms with van der Waals surface area (Å²) in [5.41, 5.74) is 3.72. The van der Waals surface area contributed by atoms with Crippen LogP contribution in [-0.2, 0) is 11.3 Å². The molecule has 2 aromatic heterocycles. The molecule has 8 heteroatoms. The number of thiophene rings is 1. The van der Waals surface area contributed by atoms with E-state index >= 15 is 0 Å². The molecule has 1 aliphatic heterocycles. The summed E-state index contributed by atoms with van der Waals surface area (Å²) in [4.78, 5) is 8.66. The lowest BCUT2D eigenvalue weighted by atomic mass is 9.79. The number of anilines is 1. The Morgan fingerprint density at radius 1 is 1.42 bits per heavy atom. The monoisotopic (exact) mass is 338 g/mol. The SMILES string of the molecule is CCN(/N=C/c1ccc2c(c1)COB2O)c1ncnc2ccsc12. The van der Waals surface area contributed by atoms with Crippen molar-refractivity contribution in [1.82, 2.24) is 9.97 Å². The maximum absolute atomic E-state index is 9.68. The van der Waals surface area contributed by atoms with E-state index < -0.39 is 7.12 Å². The molecule has 0 saturated carbocycles. The molecule has 0 amide bonds. The zero-order valence-corrected chi connectivity index (χ0v) is 13.9. The standard InChI is InChI=1S/C16H15BN4O2S/c1-2-21(16-15-14(5-6-24-15)18-10-19-16)20-8-11-3-4-13-12(7-11)9-23-17(13)22/h3-8,10,22H,2,9H2,1H3/b20-8+. The van der Waals surface area contributed by atoms with Gasteiger partial charge in [0.05, 0.1) is 23.0 Å². The largest absolute Gasteiger partial charge is 0.491 e. The summed E-state index contributed by atoms with van der Waals surface area (Å²) in [6, 6.07) is 7.78. The number of hydrogen-bond acceptors (Lipinski definition) is 7. The number of fused-ring (bicyclic) bond motifs is 2. The Balaban J connectivity index is 1.63. The minimum atomic E-state index is -0.814. The van der Waals surface area contributed by atoms with Crippen molar-refractivity contribution in [3.05, 3.63) is 47.1 Å². The normalized spacial score (nSPS) is 13.8. The quantitative estimate of drug-likeness (QED) is 0.446. The summed E-state index contributed by atoms with van der Waals surface area (Å²) in [5.74, 6) is 0.814. The van der Waals surface area contributed by atoms with Crippen LogP contribution in [0.2, 0.25) is 0 Å². The van der Waals surface area contributed by atoms with Gasteiger partial charge in [-0.25, -0.2) is 15.0 Å². The van der Waals surface area contributed by atoms with Crippen molar-refractivity contribution < 1.29 is 9.68 Å². The van der Waals surface area contributed by atoms with Crippen LogP contribution in [0.5, 0.6) is 0 Å². The van der Waals surface area contributed by atoms with Gasteiger partial charge >= 0.3 is 7.12 Å². The Hall–Kier alpha value is -2.29. The van der Waals surface area contributed by atoms with Gasteiger partial charge in [0.1, 0.15) is 6.33 Å². The molecule has 3 aromatic rings. The molecule has 4 rings (SSSR count). The fourth-order valence-electron chi connectivity index (χ4n) is 2.71. The lowest BCUT2D eigenvalue weighted by Gasteiger charge is -2.15. The lowest BCUT2D eigenvalue weighted by Crippen LogP contribution is -2.27. The van der Waals surface area contributed by atoms with Crippen molar-refractivity contribution >= 4 is 46.2 Å². The van der Waals surface area contributed by atoms with E-state index in [4.69, 9.17) is 4.65 Å². The molecule has 1 aromatic carbocycles. The van der Waals surface area contributed by atoms with Gasteiger partial charge in [0, 0.05) is 6.54 Å². The van der Waals surface area contributed by atoms with Crippen LogP contribution in [0.3, 0.4) is 0 Å². The van der Waals surface area contributed by atoms with Crippen LogP contribution in [0.15, 0.2) is 41.1 Å². The minimum Gasteiger partial charge on any atom is -0.423 e. The second-order valence-electron chi connectivity index (χ2n) is 5.41. The summed E-state index contributed by atoms with van der Waals surface area (Å²) in [6.07, 6.45) is 3.37. The zero-order chi connectivity index (χ0) is 16.5. The van der Waals surface area contributed by atoms with Crippen molar-refractivity contribution in [1.29, 1.82) is 0 Å². The molecule has 3 heterocycles. The fourth-order valence-corrected chi connectivity index (χ4v) is 3.55. The first-order chi connectivity index (χ1) is 11.8. The van der Waals surface area contributed by atoms with Crippen LogP contribution in [-0.4, -0.2) is 34.9 Å². The number of hydrazone groups is 1. The first-order valence-corrected chi connectivity index (χ1v) is 8.56. The number of rotatable bonds is 4. The molecule has 6 nitrogen and oxygen atoms in total. The van der Waals surface area contributed by atoms with Gasteiger partial charge in [-0.2, -0.15) is 5.10 Å². The van der Waals surface area contributed by atoms with Gasteiger partial charge in [-0.1, -0.05) is 12.1 Å². The second kappa shape index (κ2) is 6.31. The predicted molar refractivity (Wildman–Crippen MR) is 96.9 cm³/mol. The summed E-state index contributed by atoms with van der Waals surface area (Å²) in [7, 11) is -0.814. The molecule has 24 heavy (non-hydrogen) atoms. The zero-order valence-electron chi connectivity index (χ0n) is 13.1. The van der Waals surface area contributed by atoms with Crippen LogP contribution < -0.4 is 10.5 Å². The van der Waals surface area contributed by atoms with E-state index in [1.54, 1.807) is 23.9 Å². The first kappa shape index (κ1) is 15.3. The van der Waals surface area contributed by atoms with Crippen molar-refractivity contribution in [3.8, 4) is 0 Å². The maximum atomic E-state index is 9.68.